The highest BCUT2D eigenvalue weighted by atomic mass is 16.5. The van der Waals surface area contributed by atoms with Crippen LogP contribution in [0.2, 0.25) is 0 Å². The van der Waals surface area contributed by atoms with E-state index >= 15 is 0 Å². The summed E-state index contributed by atoms with van der Waals surface area (Å²) in [5.41, 5.74) is 2.23. The smallest absolute Gasteiger partial charge is 0.234 e. The van der Waals surface area contributed by atoms with E-state index < -0.39 is 0 Å². The van der Waals surface area contributed by atoms with Crippen molar-refractivity contribution in [1.29, 1.82) is 0 Å². The van der Waals surface area contributed by atoms with Crippen LogP contribution in [0.1, 0.15) is 29.9 Å². The second-order valence-electron chi connectivity index (χ2n) is 6.82. The lowest BCUT2D eigenvalue weighted by atomic mass is 10.1. The van der Waals surface area contributed by atoms with Gasteiger partial charge in [-0.25, -0.2) is 4.98 Å². The molecular weight excluding hydrogens is 342 g/mol. The maximum Gasteiger partial charge on any atom is 0.234 e. The fraction of sp³-hybridized carbons (Fsp3) is 0.500. The molecule has 0 radical (unpaired) electrons. The van der Waals surface area contributed by atoms with E-state index in [0.29, 0.717) is 26.3 Å². The van der Waals surface area contributed by atoms with Crippen molar-refractivity contribution in [2.75, 3.05) is 32.8 Å². The van der Waals surface area contributed by atoms with E-state index in [0.717, 1.165) is 36.6 Å². The van der Waals surface area contributed by atoms with Crippen molar-refractivity contribution >= 4 is 5.91 Å². The van der Waals surface area contributed by atoms with Crippen LogP contribution in [0.25, 0.3) is 0 Å². The van der Waals surface area contributed by atoms with Gasteiger partial charge in [-0.2, -0.15) is 0 Å². The monoisotopic (exact) mass is 371 g/mol. The average molecular weight is 371 g/mol. The molecule has 7 heteroatoms. The largest absolute Gasteiger partial charge is 0.377 e. The van der Waals surface area contributed by atoms with Crippen LogP contribution in [-0.4, -0.2) is 53.1 Å². The Kier molecular flexibility index (Phi) is 6.98. The summed E-state index contributed by atoms with van der Waals surface area (Å²) in [6.45, 7) is 6.76. The van der Waals surface area contributed by atoms with Crippen LogP contribution in [0.5, 0.6) is 0 Å². The predicted molar refractivity (Wildman–Crippen MR) is 104 cm³/mol. The maximum absolute atomic E-state index is 12.5. The Bertz CT molecular complexity index is 728. The van der Waals surface area contributed by atoms with Crippen molar-refractivity contribution in [3.05, 3.63) is 53.6 Å². The molecule has 1 unspecified atom stereocenters. The third-order valence-electron chi connectivity index (χ3n) is 4.84. The molecule has 2 aromatic rings. The van der Waals surface area contributed by atoms with E-state index in [1.807, 2.05) is 49.0 Å². The molecule has 1 aromatic heterocycles. The normalized spacial score (nSPS) is 17.8. The van der Waals surface area contributed by atoms with Gasteiger partial charge in [-0.1, -0.05) is 24.3 Å². The van der Waals surface area contributed by atoms with E-state index in [1.165, 1.54) is 0 Å². The number of ether oxygens (including phenoxy) is 1. The number of imidazole rings is 1. The van der Waals surface area contributed by atoms with Crippen molar-refractivity contribution in [1.82, 2.24) is 25.1 Å². The Morgan fingerprint density at radius 3 is 2.81 bits per heavy atom. The van der Waals surface area contributed by atoms with Gasteiger partial charge >= 0.3 is 0 Å². The van der Waals surface area contributed by atoms with Gasteiger partial charge in [0, 0.05) is 52.2 Å². The molecular formula is C20H29N5O2. The summed E-state index contributed by atoms with van der Waals surface area (Å²) in [5.74, 6) is 1.02. The molecule has 1 amide bonds. The zero-order chi connectivity index (χ0) is 19.1. The number of aromatic nitrogens is 2. The van der Waals surface area contributed by atoms with Crippen LogP contribution in [0.3, 0.4) is 0 Å². The van der Waals surface area contributed by atoms with E-state index in [9.17, 15) is 4.79 Å². The second-order valence-corrected chi connectivity index (χ2v) is 6.82. The fourth-order valence-corrected chi connectivity index (χ4v) is 3.30. The van der Waals surface area contributed by atoms with Gasteiger partial charge in [0.2, 0.25) is 5.91 Å². The van der Waals surface area contributed by atoms with E-state index in [-0.39, 0.29) is 11.9 Å². The van der Waals surface area contributed by atoms with Gasteiger partial charge in [-0.15, -0.1) is 0 Å². The zero-order valence-corrected chi connectivity index (χ0v) is 16.1. The van der Waals surface area contributed by atoms with Crippen LogP contribution in [-0.2, 0) is 29.7 Å². The van der Waals surface area contributed by atoms with Crippen molar-refractivity contribution in [2.24, 2.45) is 7.05 Å². The molecule has 1 fully saturated rings. The first-order chi connectivity index (χ1) is 13.2. The highest BCUT2D eigenvalue weighted by Gasteiger charge is 2.28. The minimum Gasteiger partial charge on any atom is -0.377 e. The van der Waals surface area contributed by atoms with Crippen LogP contribution < -0.4 is 10.6 Å². The number of rotatable bonds is 8. The summed E-state index contributed by atoms with van der Waals surface area (Å²) in [6.07, 6.45) is 3.74. The minimum absolute atomic E-state index is 0.0366. The first-order valence-corrected chi connectivity index (χ1v) is 9.51. The lowest BCUT2D eigenvalue weighted by Gasteiger charge is -2.35. The summed E-state index contributed by atoms with van der Waals surface area (Å²) >= 11 is 0. The van der Waals surface area contributed by atoms with E-state index in [1.54, 1.807) is 6.20 Å². The van der Waals surface area contributed by atoms with Crippen molar-refractivity contribution in [3.63, 3.8) is 0 Å². The molecule has 1 aliphatic rings. The number of amides is 1. The number of aryl methyl sites for hydroxylation is 1. The minimum atomic E-state index is 0.0366. The Morgan fingerprint density at radius 1 is 1.33 bits per heavy atom. The molecule has 3 rings (SSSR count). The highest BCUT2D eigenvalue weighted by Crippen LogP contribution is 2.19. The van der Waals surface area contributed by atoms with Gasteiger partial charge in [-0.05, 0) is 18.1 Å². The molecule has 1 saturated heterocycles. The van der Waals surface area contributed by atoms with E-state index in [4.69, 9.17) is 4.74 Å². The number of carbonyl (C=O) groups excluding carboxylic acids is 1. The summed E-state index contributed by atoms with van der Waals surface area (Å²) in [6, 6.07) is 8.28. The van der Waals surface area contributed by atoms with Crippen molar-refractivity contribution < 1.29 is 9.53 Å². The van der Waals surface area contributed by atoms with Crippen LogP contribution in [0.4, 0.5) is 0 Å². The Hall–Kier alpha value is -2.22. The molecule has 7 nitrogen and oxygen atoms in total. The highest BCUT2D eigenvalue weighted by molar-refractivity contribution is 5.78. The molecule has 146 valence electrons. The zero-order valence-electron chi connectivity index (χ0n) is 16.1. The molecule has 0 bridgehead atoms. The Labute approximate surface area is 160 Å². The standard InChI is InChI=1S/C20H29N5O2/c1-3-27-15-17-6-4-16(5-7-17)12-23-19(26)14-25-11-8-21-13-18(25)20-22-9-10-24(20)2/h4-7,9-10,18,21H,3,8,11-15H2,1-2H3,(H,23,26). The molecule has 1 atom stereocenters. The first kappa shape index (κ1) is 19.5. The second kappa shape index (κ2) is 9.64. The summed E-state index contributed by atoms with van der Waals surface area (Å²) in [4.78, 5) is 19.1. The molecule has 0 aliphatic carbocycles. The molecule has 0 saturated carbocycles. The van der Waals surface area contributed by atoms with E-state index in [2.05, 4.69) is 20.5 Å². The lowest BCUT2D eigenvalue weighted by molar-refractivity contribution is -0.123. The summed E-state index contributed by atoms with van der Waals surface area (Å²) < 4.78 is 7.42. The molecule has 2 heterocycles. The van der Waals surface area contributed by atoms with Gasteiger partial charge in [0.15, 0.2) is 0 Å². The number of benzene rings is 1. The third kappa shape index (κ3) is 5.38. The predicted octanol–water partition coefficient (Wildman–Crippen LogP) is 1.22. The molecule has 1 aliphatic heterocycles. The number of nitrogens with zero attached hydrogens (tertiary/aromatic N) is 3. The summed E-state index contributed by atoms with van der Waals surface area (Å²) in [5, 5.41) is 6.42. The van der Waals surface area contributed by atoms with Gasteiger partial charge in [0.05, 0.1) is 19.2 Å². The van der Waals surface area contributed by atoms with Crippen LogP contribution in [0, 0.1) is 0 Å². The molecule has 0 spiro atoms. The average Bonchev–Trinajstić information content (AvgIpc) is 3.12. The molecule has 1 aromatic carbocycles. The van der Waals surface area contributed by atoms with Crippen molar-refractivity contribution in [2.45, 2.75) is 26.1 Å². The van der Waals surface area contributed by atoms with Gasteiger partial charge in [0.1, 0.15) is 5.82 Å². The molecule has 2 N–H and O–H groups in total. The Morgan fingerprint density at radius 2 is 2.11 bits per heavy atom. The molecule has 27 heavy (non-hydrogen) atoms. The van der Waals surface area contributed by atoms with Crippen LogP contribution >= 0.6 is 0 Å². The van der Waals surface area contributed by atoms with Crippen LogP contribution in [0.15, 0.2) is 36.7 Å². The van der Waals surface area contributed by atoms with Crippen molar-refractivity contribution in [3.8, 4) is 0 Å². The summed E-state index contributed by atoms with van der Waals surface area (Å²) in [7, 11) is 1.99. The van der Waals surface area contributed by atoms with Gasteiger partial charge in [-0.3, -0.25) is 9.69 Å². The third-order valence-corrected chi connectivity index (χ3v) is 4.84. The quantitative estimate of drug-likeness (QED) is 0.730. The topological polar surface area (TPSA) is 71.4 Å². The first-order valence-electron chi connectivity index (χ1n) is 9.51. The van der Waals surface area contributed by atoms with Gasteiger partial charge in [0.25, 0.3) is 0 Å². The van der Waals surface area contributed by atoms with Gasteiger partial charge < -0.3 is 19.9 Å². The number of carbonyl (C=O) groups is 1. The number of nitrogens with one attached hydrogen (secondary N) is 2. The SMILES string of the molecule is CCOCc1ccc(CNC(=O)CN2CCNCC2c2nccn2C)cc1. The lowest BCUT2D eigenvalue weighted by Crippen LogP contribution is -2.50. The number of hydrogen-bond acceptors (Lipinski definition) is 5. The maximum atomic E-state index is 12.5. The fourth-order valence-electron chi connectivity index (χ4n) is 3.30. The number of piperazine rings is 1. The number of hydrogen-bond donors (Lipinski definition) is 2. The Balaban J connectivity index is 1.51.